The van der Waals surface area contributed by atoms with Gasteiger partial charge in [0.05, 0.1) is 33.0 Å². The maximum Gasteiger partial charge on any atom is 0.136 e. The van der Waals surface area contributed by atoms with Crippen molar-refractivity contribution in [2.75, 3.05) is 14.2 Å². The lowest BCUT2D eigenvalue weighted by Gasteiger charge is -2.08. The van der Waals surface area contributed by atoms with Gasteiger partial charge in [-0.15, -0.1) is 0 Å². The van der Waals surface area contributed by atoms with E-state index in [0.29, 0.717) is 24.5 Å². The summed E-state index contributed by atoms with van der Waals surface area (Å²) in [4.78, 5) is 0. The van der Waals surface area contributed by atoms with Gasteiger partial charge in [-0.2, -0.15) is 5.26 Å². The Morgan fingerprint density at radius 2 is 1.71 bits per heavy atom. The van der Waals surface area contributed by atoms with Crippen LogP contribution in [0.25, 0.3) is 0 Å². The summed E-state index contributed by atoms with van der Waals surface area (Å²) >= 11 is 0. The molecule has 2 aromatic carbocycles. The van der Waals surface area contributed by atoms with Gasteiger partial charge in [-0.05, 0) is 35.4 Å². The lowest BCUT2D eigenvalue weighted by Crippen LogP contribution is -1.96. The molecule has 2 rings (SSSR count). The number of hydrogen-bond donors (Lipinski definition) is 0. The SMILES string of the molecule is COc1cccc(COCc2ccc(OC)c(C#N)c2)c1. The van der Waals surface area contributed by atoms with Crippen LogP contribution in [0.1, 0.15) is 16.7 Å². The zero-order chi connectivity index (χ0) is 15.1. The summed E-state index contributed by atoms with van der Waals surface area (Å²) in [6.45, 7) is 0.932. The molecule has 0 bridgehead atoms. The average molecular weight is 283 g/mol. The van der Waals surface area contributed by atoms with E-state index >= 15 is 0 Å². The number of nitrogens with zero attached hydrogens (tertiary/aromatic N) is 1. The lowest BCUT2D eigenvalue weighted by atomic mass is 10.1. The highest BCUT2D eigenvalue weighted by atomic mass is 16.5. The first-order valence-corrected chi connectivity index (χ1v) is 6.54. The van der Waals surface area contributed by atoms with E-state index in [0.717, 1.165) is 16.9 Å². The zero-order valence-corrected chi connectivity index (χ0v) is 12.1. The first kappa shape index (κ1) is 14.9. The summed E-state index contributed by atoms with van der Waals surface area (Å²) in [6, 6.07) is 15.3. The van der Waals surface area contributed by atoms with Crippen LogP contribution in [0.3, 0.4) is 0 Å². The molecule has 0 aromatic heterocycles. The van der Waals surface area contributed by atoms with E-state index in [9.17, 15) is 0 Å². The van der Waals surface area contributed by atoms with Crippen molar-refractivity contribution in [3.8, 4) is 17.6 Å². The predicted molar refractivity (Wildman–Crippen MR) is 79.2 cm³/mol. The normalized spacial score (nSPS) is 9.95. The first-order chi connectivity index (χ1) is 10.3. The van der Waals surface area contributed by atoms with Crippen molar-refractivity contribution < 1.29 is 14.2 Å². The van der Waals surface area contributed by atoms with Crippen LogP contribution in [0.4, 0.5) is 0 Å². The third-order valence-corrected chi connectivity index (χ3v) is 3.06. The second-order valence-corrected chi connectivity index (χ2v) is 4.49. The van der Waals surface area contributed by atoms with Crippen LogP contribution in [0.15, 0.2) is 42.5 Å². The third kappa shape index (κ3) is 3.98. The molecule has 0 aliphatic heterocycles. The molecule has 21 heavy (non-hydrogen) atoms. The summed E-state index contributed by atoms with van der Waals surface area (Å²) in [6.07, 6.45) is 0. The van der Waals surface area contributed by atoms with Gasteiger partial charge in [-0.25, -0.2) is 0 Å². The minimum atomic E-state index is 0.440. The molecule has 108 valence electrons. The zero-order valence-electron chi connectivity index (χ0n) is 12.1. The number of ether oxygens (including phenoxy) is 3. The molecular formula is C17H17NO3. The van der Waals surface area contributed by atoms with E-state index in [4.69, 9.17) is 19.5 Å². The van der Waals surface area contributed by atoms with Gasteiger partial charge in [0.1, 0.15) is 17.6 Å². The predicted octanol–water partition coefficient (Wildman–Crippen LogP) is 3.29. The van der Waals surface area contributed by atoms with Crippen molar-refractivity contribution in [3.05, 3.63) is 59.2 Å². The van der Waals surface area contributed by atoms with Gasteiger partial charge in [0, 0.05) is 0 Å². The van der Waals surface area contributed by atoms with E-state index < -0.39 is 0 Å². The van der Waals surface area contributed by atoms with Crippen molar-refractivity contribution >= 4 is 0 Å². The Bertz CT molecular complexity index is 647. The van der Waals surface area contributed by atoms with E-state index in [2.05, 4.69) is 6.07 Å². The maximum atomic E-state index is 9.05. The monoisotopic (exact) mass is 283 g/mol. The Kier molecular flexibility index (Phi) is 5.19. The highest BCUT2D eigenvalue weighted by Crippen LogP contribution is 2.20. The summed E-state index contributed by atoms with van der Waals surface area (Å²) in [5.41, 5.74) is 2.50. The maximum absolute atomic E-state index is 9.05. The third-order valence-electron chi connectivity index (χ3n) is 3.06. The van der Waals surface area contributed by atoms with Crippen molar-refractivity contribution in [2.45, 2.75) is 13.2 Å². The molecule has 2 aromatic rings. The van der Waals surface area contributed by atoms with E-state index in [1.165, 1.54) is 0 Å². The Balaban J connectivity index is 1.95. The molecule has 0 amide bonds. The van der Waals surface area contributed by atoms with Gasteiger partial charge in [0.2, 0.25) is 0 Å². The smallest absolute Gasteiger partial charge is 0.136 e. The second kappa shape index (κ2) is 7.32. The molecule has 0 unspecified atom stereocenters. The molecule has 0 aliphatic carbocycles. The van der Waals surface area contributed by atoms with Crippen LogP contribution in [-0.2, 0) is 18.0 Å². The first-order valence-electron chi connectivity index (χ1n) is 6.54. The van der Waals surface area contributed by atoms with Crippen LogP contribution < -0.4 is 9.47 Å². The van der Waals surface area contributed by atoms with Gasteiger partial charge in [-0.3, -0.25) is 0 Å². The summed E-state index contributed by atoms with van der Waals surface area (Å²) in [5.74, 6) is 1.39. The molecular weight excluding hydrogens is 266 g/mol. The molecule has 0 heterocycles. The Morgan fingerprint density at radius 3 is 2.38 bits per heavy atom. The number of nitriles is 1. The molecule has 0 N–H and O–H groups in total. The Hall–Kier alpha value is -2.51. The molecule has 0 radical (unpaired) electrons. The lowest BCUT2D eigenvalue weighted by molar-refractivity contribution is 0.107. The highest BCUT2D eigenvalue weighted by molar-refractivity contribution is 5.45. The van der Waals surface area contributed by atoms with Gasteiger partial charge >= 0.3 is 0 Å². The van der Waals surface area contributed by atoms with E-state index in [-0.39, 0.29) is 0 Å². The highest BCUT2D eigenvalue weighted by Gasteiger charge is 2.04. The Morgan fingerprint density at radius 1 is 0.952 bits per heavy atom. The molecule has 4 heteroatoms. The van der Waals surface area contributed by atoms with Crippen molar-refractivity contribution in [2.24, 2.45) is 0 Å². The number of rotatable bonds is 6. The van der Waals surface area contributed by atoms with Crippen LogP contribution in [0.2, 0.25) is 0 Å². The van der Waals surface area contributed by atoms with Crippen LogP contribution in [0, 0.1) is 11.3 Å². The molecule has 0 saturated heterocycles. The van der Waals surface area contributed by atoms with Crippen LogP contribution >= 0.6 is 0 Å². The van der Waals surface area contributed by atoms with Gasteiger partial charge in [0.15, 0.2) is 0 Å². The van der Waals surface area contributed by atoms with E-state index in [1.807, 2.05) is 30.3 Å². The molecule has 0 fully saturated rings. The van der Waals surface area contributed by atoms with Crippen LogP contribution in [-0.4, -0.2) is 14.2 Å². The summed E-state index contributed by atoms with van der Waals surface area (Å²) in [5, 5.41) is 9.05. The summed E-state index contributed by atoms with van der Waals surface area (Å²) < 4.78 is 16.0. The minimum Gasteiger partial charge on any atom is -0.497 e. The van der Waals surface area contributed by atoms with Crippen molar-refractivity contribution in [3.63, 3.8) is 0 Å². The van der Waals surface area contributed by atoms with Gasteiger partial charge < -0.3 is 14.2 Å². The average Bonchev–Trinajstić information content (AvgIpc) is 2.55. The topological polar surface area (TPSA) is 51.5 Å². The Labute approximate surface area is 124 Å². The van der Waals surface area contributed by atoms with E-state index in [1.54, 1.807) is 26.4 Å². The largest absolute Gasteiger partial charge is 0.497 e. The molecule has 4 nitrogen and oxygen atoms in total. The number of hydrogen-bond acceptors (Lipinski definition) is 4. The standard InChI is InChI=1S/C17H17NO3/c1-19-16-5-3-4-13(9-16)11-21-12-14-6-7-17(20-2)15(8-14)10-18/h3-9H,11-12H2,1-2H3. The van der Waals surface area contributed by atoms with Gasteiger partial charge in [0.25, 0.3) is 0 Å². The fourth-order valence-corrected chi connectivity index (χ4v) is 1.98. The fourth-order valence-electron chi connectivity index (χ4n) is 1.98. The van der Waals surface area contributed by atoms with Crippen molar-refractivity contribution in [1.29, 1.82) is 5.26 Å². The van der Waals surface area contributed by atoms with Crippen molar-refractivity contribution in [1.82, 2.24) is 0 Å². The number of benzene rings is 2. The quantitative estimate of drug-likeness (QED) is 0.816. The molecule has 0 spiro atoms. The fraction of sp³-hybridized carbons (Fsp3) is 0.235. The summed E-state index contributed by atoms with van der Waals surface area (Å²) in [7, 11) is 3.19. The second-order valence-electron chi connectivity index (χ2n) is 4.49. The molecule has 0 aliphatic rings. The molecule has 0 saturated carbocycles. The van der Waals surface area contributed by atoms with Crippen LogP contribution in [0.5, 0.6) is 11.5 Å². The minimum absolute atomic E-state index is 0.440. The van der Waals surface area contributed by atoms with Gasteiger partial charge in [-0.1, -0.05) is 18.2 Å². The number of methoxy groups -OCH3 is 2. The molecule has 0 atom stereocenters.